The number of halogens is 1. The van der Waals surface area contributed by atoms with Crippen molar-refractivity contribution < 1.29 is 19.1 Å². The van der Waals surface area contributed by atoms with Crippen LogP contribution < -0.4 is 19.8 Å². The summed E-state index contributed by atoms with van der Waals surface area (Å²) in [6, 6.07) is 27.2. The first-order valence-corrected chi connectivity index (χ1v) is 15.5. The van der Waals surface area contributed by atoms with E-state index in [1.54, 1.807) is 42.5 Å². The first kappa shape index (κ1) is 27.5. The molecule has 8 nitrogen and oxygen atoms in total. The third-order valence-corrected chi connectivity index (χ3v) is 10.2. The molecular formula is C32H22ClN3O5S2. The third kappa shape index (κ3) is 5.11. The summed E-state index contributed by atoms with van der Waals surface area (Å²) in [6.45, 7) is -0.229. The van der Waals surface area contributed by atoms with Gasteiger partial charge in [0, 0.05) is 21.5 Å². The van der Waals surface area contributed by atoms with Crippen molar-refractivity contribution in [3.05, 3.63) is 116 Å². The van der Waals surface area contributed by atoms with Crippen LogP contribution in [0.5, 0.6) is 5.75 Å². The fourth-order valence-electron chi connectivity index (χ4n) is 5.63. The van der Waals surface area contributed by atoms with Crippen molar-refractivity contribution in [3.8, 4) is 5.75 Å². The number of rotatable bonds is 6. The minimum atomic E-state index is -0.737. The number of carbonyl (C=O) groups is 3. The number of hydrogen-bond acceptors (Lipinski definition) is 7. The Hall–Kier alpha value is -4.38. The number of imide groups is 1. The zero-order chi connectivity index (χ0) is 29.7. The van der Waals surface area contributed by atoms with Gasteiger partial charge in [-0.05, 0) is 64.9 Å². The van der Waals surface area contributed by atoms with Gasteiger partial charge in [0.25, 0.3) is 5.91 Å². The highest BCUT2D eigenvalue weighted by Gasteiger charge is 2.56. The SMILES string of the molecule is O=C(COc1cccc([C@H]2c3sc(=O)[nH]c3SC3C(=O)N(c4ccc(Cl)cc4)C(=O)C32)c1)Nc1ccc2ccccc2c1. The highest BCUT2D eigenvalue weighted by Crippen LogP contribution is 2.53. The second kappa shape index (κ2) is 11.0. The number of H-pyrrole nitrogens is 1. The molecule has 11 heteroatoms. The topological polar surface area (TPSA) is 109 Å². The second-order valence-electron chi connectivity index (χ2n) is 10.2. The predicted molar refractivity (Wildman–Crippen MR) is 168 cm³/mol. The molecule has 0 radical (unpaired) electrons. The maximum Gasteiger partial charge on any atom is 0.305 e. The second-order valence-corrected chi connectivity index (χ2v) is 12.8. The zero-order valence-electron chi connectivity index (χ0n) is 22.3. The molecule has 214 valence electrons. The summed E-state index contributed by atoms with van der Waals surface area (Å²) in [6.07, 6.45) is 0. The summed E-state index contributed by atoms with van der Waals surface area (Å²) in [5.74, 6) is -1.88. The number of fused-ring (bicyclic) bond motifs is 3. The van der Waals surface area contributed by atoms with E-state index < -0.39 is 17.1 Å². The molecule has 3 atom stereocenters. The average molecular weight is 628 g/mol. The van der Waals surface area contributed by atoms with Crippen LogP contribution in [0.25, 0.3) is 10.8 Å². The quantitative estimate of drug-likeness (QED) is 0.222. The lowest BCUT2D eigenvalue weighted by Gasteiger charge is -2.30. The molecule has 2 aliphatic rings. The molecule has 0 bridgehead atoms. The number of thioether (sulfide) groups is 1. The highest BCUT2D eigenvalue weighted by atomic mass is 35.5. The number of hydrogen-bond donors (Lipinski definition) is 2. The molecule has 2 N–H and O–H groups in total. The molecule has 0 aliphatic carbocycles. The number of ether oxygens (including phenoxy) is 1. The number of anilines is 2. The smallest absolute Gasteiger partial charge is 0.305 e. The Kier molecular flexibility index (Phi) is 7.04. The molecule has 3 amide bonds. The van der Waals surface area contributed by atoms with Crippen molar-refractivity contribution in [2.45, 2.75) is 16.2 Å². The summed E-state index contributed by atoms with van der Waals surface area (Å²) in [7, 11) is 0. The lowest BCUT2D eigenvalue weighted by atomic mass is 9.83. The molecule has 2 aliphatic heterocycles. The van der Waals surface area contributed by atoms with Gasteiger partial charge in [-0.15, -0.1) is 0 Å². The fraction of sp³-hybridized carbons (Fsp3) is 0.125. The van der Waals surface area contributed by atoms with Crippen molar-refractivity contribution >= 4 is 74.6 Å². The van der Waals surface area contributed by atoms with E-state index in [2.05, 4.69) is 10.3 Å². The highest BCUT2D eigenvalue weighted by molar-refractivity contribution is 8.00. The van der Waals surface area contributed by atoms with Crippen molar-refractivity contribution in [2.75, 3.05) is 16.8 Å². The normalized spacial score (nSPS) is 19.3. The summed E-state index contributed by atoms with van der Waals surface area (Å²) < 4.78 is 5.85. The van der Waals surface area contributed by atoms with Crippen LogP contribution in [0, 0.1) is 5.92 Å². The van der Waals surface area contributed by atoms with Crippen molar-refractivity contribution in [3.63, 3.8) is 0 Å². The van der Waals surface area contributed by atoms with E-state index in [1.807, 2.05) is 48.5 Å². The number of aromatic amines is 1. The van der Waals surface area contributed by atoms with Gasteiger partial charge in [0.15, 0.2) is 6.61 Å². The third-order valence-electron chi connectivity index (χ3n) is 7.53. The Morgan fingerprint density at radius 2 is 1.70 bits per heavy atom. The maximum atomic E-state index is 13.9. The van der Waals surface area contributed by atoms with Gasteiger partial charge >= 0.3 is 4.87 Å². The molecule has 0 saturated carbocycles. The largest absolute Gasteiger partial charge is 0.484 e. The van der Waals surface area contributed by atoms with Gasteiger partial charge in [-0.1, -0.05) is 77.2 Å². The van der Waals surface area contributed by atoms with Crippen LogP contribution in [0.1, 0.15) is 16.4 Å². The summed E-state index contributed by atoms with van der Waals surface area (Å²) >= 11 is 8.28. The van der Waals surface area contributed by atoms with E-state index in [0.717, 1.165) is 22.1 Å². The van der Waals surface area contributed by atoms with Crippen LogP contribution in [0.2, 0.25) is 5.02 Å². The van der Waals surface area contributed by atoms with Crippen LogP contribution in [-0.2, 0) is 14.4 Å². The zero-order valence-corrected chi connectivity index (χ0v) is 24.7. The van der Waals surface area contributed by atoms with E-state index in [1.165, 1.54) is 16.7 Å². The van der Waals surface area contributed by atoms with Crippen LogP contribution in [-0.4, -0.2) is 34.6 Å². The van der Waals surface area contributed by atoms with Gasteiger partial charge in [-0.25, -0.2) is 4.90 Å². The van der Waals surface area contributed by atoms with Crippen LogP contribution in [0.15, 0.2) is 101 Å². The maximum absolute atomic E-state index is 13.9. The lowest BCUT2D eigenvalue weighted by molar-refractivity contribution is -0.122. The molecule has 43 heavy (non-hydrogen) atoms. The molecule has 1 saturated heterocycles. The van der Waals surface area contributed by atoms with Gasteiger partial charge in [0.05, 0.1) is 16.6 Å². The van der Waals surface area contributed by atoms with Crippen molar-refractivity contribution in [2.24, 2.45) is 5.92 Å². The van der Waals surface area contributed by atoms with E-state index in [-0.39, 0.29) is 29.2 Å². The molecule has 7 rings (SSSR count). The van der Waals surface area contributed by atoms with Crippen molar-refractivity contribution in [1.29, 1.82) is 0 Å². The number of nitrogens with one attached hydrogen (secondary N) is 2. The lowest BCUT2D eigenvalue weighted by Crippen LogP contribution is -2.32. The molecule has 1 aromatic heterocycles. The van der Waals surface area contributed by atoms with E-state index in [0.29, 0.717) is 37.6 Å². The van der Waals surface area contributed by atoms with E-state index >= 15 is 0 Å². The molecular weight excluding hydrogens is 606 g/mol. The van der Waals surface area contributed by atoms with Crippen LogP contribution in [0.4, 0.5) is 11.4 Å². The Balaban J connectivity index is 1.14. The van der Waals surface area contributed by atoms with E-state index in [4.69, 9.17) is 16.3 Å². The number of amides is 3. The van der Waals surface area contributed by atoms with Gasteiger partial charge in [-0.3, -0.25) is 19.2 Å². The predicted octanol–water partition coefficient (Wildman–Crippen LogP) is 6.06. The number of thiazole rings is 1. The minimum absolute atomic E-state index is 0.229. The Bertz CT molecular complexity index is 1970. The number of carbonyl (C=O) groups excluding carboxylic acids is 3. The number of nitrogens with zero attached hydrogens (tertiary/aromatic N) is 1. The number of benzene rings is 4. The monoisotopic (exact) mass is 627 g/mol. The standard InChI is InChI=1S/C32H22ClN3O5S2/c33-20-9-12-22(13-10-20)36-30(38)26-25(27-29(35-32(40)43-27)42-28(26)31(36)39)19-6-3-7-23(15-19)41-16-24(37)34-21-11-8-17-4-1-2-5-18(17)14-21/h1-15,25-26,28H,16H2,(H,34,37)(H,35,40)/t25-,26?,28?/m1/s1. The molecule has 1 fully saturated rings. The summed E-state index contributed by atoms with van der Waals surface area (Å²) in [5.41, 5.74) is 1.81. The van der Waals surface area contributed by atoms with E-state index in [9.17, 15) is 19.2 Å². The fourth-order valence-corrected chi connectivity index (χ4v) is 8.27. The van der Waals surface area contributed by atoms with Gasteiger partial charge in [0.1, 0.15) is 11.0 Å². The minimum Gasteiger partial charge on any atom is -0.484 e. The average Bonchev–Trinajstić information content (AvgIpc) is 3.50. The Morgan fingerprint density at radius 3 is 2.51 bits per heavy atom. The Labute approximate surface area is 258 Å². The molecule has 2 unspecified atom stereocenters. The molecule has 0 spiro atoms. The molecule has 4 aromatic carbocycles. The number of aromatic nitrogens is 1. The van der Waals surface area contributed by atoms with Crippen LogP contribution >= 0.6 is 34.7 Å². The summed E-state index contributed by atoms with van der Waals surface area (Å²) in [5, 5.41) is 5.31. The summed E-state index contributed by atoms with van der Waals surface area (Å²) in [4.78, 5) is 57.1. The molecule has 5 aromatic rings. The van der Waals surface area contributed by atoms with Gasteiger partial charge in [0.2, 0.25) is 11.8 Å². The van der Waals surface area contributed by atoms with Crippen LogP contribution in [0.3, 0.4) is 0 Å². The van der Waals surface area contributed by atoms with Crippen molar-refractivity contribution in [1.82, 2.24) is 4.98 Å². The Morgan fingerprint density at radius 1 is 0.907 bits per heavy atom. The molecule has 3 heterocycles. The van der Waals surface area contributed by atoms with Gasteiger partial charge in [-0.2, -0.15) is 0 Å². The first-order chi connectivity index (χ1) is 20.9. The first-order valence-electron chi connectivity index (χ1n) is 13.4. The van der Waals surface area contributed by atoms with Gasteiger partial charge < -0.3 is 15.0 Å².